The molecule has 0 saturated carbocycles. The van der Waals surface area contributed by atoms with Crippen molar-refractivity contribution in [2.75, 3.05) is 33.4 Å². The molecular weight excluding hydrogens is 304 g/mol. The maximum atomic E-state index is 12.3. The zero-order valence-corrected chi connectivity index (χ0v) is 14.7. The van der Waals surface area contributed by atoms with Crippen molar-refractivity contribution in [2.45, 2.75) is 44.6 Å². The van der Waals surface area contributed by atoms with Gasteiger partial charge < -0.3 is 20.1 Å². The summed E-state index contributed by atoms with van der Waals surface area (Å²) in [7, 11) is 1.67. The first-order valence-electron chi connectivity index (χ1n) is 8.95. The number of amides is 1. The number of benzene rings is 1. The Bertz CT molecular complexity index is 482. The third kappa shape index (κ3) is 6.13. The van der Waals surface area contributed by atoms with Crippen molar-refractivity contribution in [3.63, 3.8) is 0 Å². The molecule has 5 nitrogen and oxygen atoms in total. The molecule has 1 heterocycles. The van der Waals surface area contributed by atoms with E-state index < -0.39 is 0 Å². The second-order valence-electron chi connectivity index (χ2n) is 6.29. The molecule has 24 heavy (non-hydrogen) atoms. The number of aryl methyl sites for hydroxylation is 1. The number of carbonyl (C=O) groups is 1. The molecule has 1 aliphatic heterocycles. The molecule has 0 aromatic heterocycles. The third-order valence-electron chi connectivity index (χ3n) is 4.51. The highest BCUT2D eigenvalue weighted by atomic mass is 16.5. The van der Waals surface area contributed by atoms with Gasteiger partial charge in [0.1, 0.15) is 5.75 Å². The molecule has 1 fully saturated rings. The summed E-state index contributed by atoms with van der Waals surface area (Å²) in [6, 6.07) is 8.06. The number of methoxy groups -OCH3 is 1. The first kappa shape index (κ1) is 18.7. The maximum absolute atomic E-state index is 12.3. The number of likely N-dealkylation sites (tertiary alicyclic amines) is 1. The van der Waals surface area contributed by atoms with E-state index in [0.29, 0.717) is 19.1 Å². The summed E-state index contributed by atoms with van der Waals surface area (Å²) >= 11 is 0. The van der Waals surface area contributed by atoms with Gasteiger partial charge in [0.15, 0.2) is 0 Å². The molecule has 0 spiro atoms. The molecule has 1 aromatic carbocycles. The van der Waals surface area contributed by atoms with Crippen LogP contribution in [0.5, 0.6) is 5.75 Å². The van der Waals surface area contributed by atoms with Crippen LogP contribution >= 0.6 is 0 Å². The molecule has 0 aliphatic carbocycles. The van der Waals surface area contributed by atoms with Crippen molar-refractivity contribution in [1.82, 2.24) is 4.90 Å². The largest absolute Gasteiger partial charge is 0.497 e. The standard InChI is InChI=1S/C19H30N2O3/c1-23-17-8-6-16(7-9-17)4-2-5-19(22)21-13-10-18(11-14-21)24-15-3-12-20/h6-9,18H,2-5,10-15,20H2,1H3. The summed E-state index contributed by atoms with van der Waals surface area (Å²) in [5.74, 6) is 1.13. The van der Waals surface area contributed by atoms with E-state index in [4.69, 9.17) is 15.2 Å². The molecule has 1 saturated heterocycles. The van der Waals surface area contributed by atoms with E-state index in [9.17, 15) is 4.79 Å². The number of ether oxygens (including phenoxy) is 2. The van der Waals surface area contributed by atoms with Gasteiger partial charge in [-0.2, -0.15) is 0 Å². The van der Waals surface area contributed by atoms with Crippen LogP contribution < -0.4 is 10.5 Å². The van der Waals surface area contributed by atoms with Crippen LogP contribution in [0.1, 0.15) is 37.7 Å². The minimum Gasteiger partial charge on any atom is -0.497 e. The van der Waals surface area contributed by atoms with Crippen LogP contribution in [-0.4, -0.2) is 50.3 Å². The fraction of sp³-hybridized carbons (Fsp3) is 0.632. The van der Waals surface area contributed by atoms with Gasteiger partial charge in [-0.1, -0.05) is 12.1 Å². The Morgan fingerprint density at radius 2 is 1.92 bits per heavy atom. The molecule has 1 aromatic rings. The maximum Gasteiger partial charge on any atom is 0.222 e. The average molecular weight is 334 g/mol. The lowest BCUT2D eigenvalue weighted by molar-refractivity contribution is -0.133. The molecule has 0 bridgehead atoms. The fourth-order valence-corrected chi connectivity index (χ4v) is 3.00. The molecule has 2 N–H and O–H groups in total. The summed E-state index contributed by atoms with van der Waals surface area (Å²) in [5.41, 5.74) is 6.72. The molecule has 0 unspecified atom stereocenters. The van der Waals surface area contributed by atoms with E-state index in [2.05, 4.69) is 12.1 Å². The van der Waals surface area contributed by atoms with Crippen LogP contribution in [0.3, 0.4) is 0 Å². The van der Waals surface area contributed by atoms with E-state index in [1.807, 2.05) is 17.0 Å². The zero-order chi connectivity index (χ0) is 17.2. The third-order valence-corrected chi connectivity index (χ3v) is 4.51. The van der Waals surface area contributed by atoms with E-state index in [-0.39, 0.29) is 5.91 Å². The van der Waals surface area contributed by atoms with Crippen LogP contribution in [-0.2, 0) is 16.0 Å². The molecule has 1 aliphatic rings. The Morgan fingerprint density at radius 3 is 2.54 bits per heavy atom. The Labute approximate surface area is 145 Å². The number of rotatable bonds is 9. The van der Waals surface area contributed by atoms with Gasteiger partial charge in [0, 0.05) is 26.1 Å². The molecule has 0 radical (unpaired) electrons. The first-order valence-corrected chi connectivity index (χ1v) is 8.95. The van der Waals surface area contributed by atoms with Crippen molar-refractivity contribution in [2.24, 2.45) is 5.73 Å². The van der Waals surface area contributed by atoms with Gasteiger partial charge in [-0.25, -0.2) is 0 Å². The van der Waals surface area contributed by atoms with Gasteiger partial charge in [0.2, 0.25) is 5.91 Å². The minimum absolute atomic E-state index is 0.268. The van der Waals surface area contributed by atoms with Gasteiger partial charge >= 0.3 is 0 Å². The Kier molecular flexibility index (Phi) is 8.05. The summed E-state index contributed by atoms with van der Waals surface area (Å²) in [4.78, 5) is 14.3. The fourth-order valence-electron chi connectivity index (χ4n) is 3.00. The van der Waals surface area contributed by atoms with Crippen LogP contribution in [0.15, 0.2) is 24.3 Å². The second-order valence-corrected chi connectivity index (χ2v) is 6.29. The first-order chi connectivity index (χ1) is 11.7. The zero-order valence-electron chi connectivity index (χ0n) is 14.7. The number of nitrogens with two attached hydrogens (primary N) is 1. The predicted octanol–water partition coefficient (Wildman–Crippen LogP) is 2.37. The molecule has 2 rings (SSSR count). The highest BCUT2D eigenvalue weighted by Gasteiger charge is 2.22. The Balaban J connectivity index is 1.62. The molecule has 134 valence electrons. The summed E-state index contributed by atoms with van der Waals surface area (Å²) in [6.07, 6.45) is 5.51. The van der Waals surface area contributed by atoms with Gasteiger partial charge in [-0.3, -0.25) is 4.79 Å². The lowest BCUT2D eigenvalue weighted by atomic mass is 10.1. The van der Waals surface area contributed by atoms with Crippen LogP contribution in [0, 0.1) is 0 Å². The number of nitrogens with zero attached hydrogens (tertiary/aromatic N) is 1. The highest BCUT2D eigenvalue weighted by Crippen LogP contribution is 2.17. The van der Waals surface area contributed by atoms with E-state index in [0.717, 1.165) is 57.6 Å². The van der Waals surface area contributed by atoms with Crippen LogP contribution in [0.4, 0.5) is 0 Å². The lowest BCUT2D eigenvalue weighted by Gasteiger charge is -2.32. The molecule has 0 atom stereocenters. The van der Waals surface area contributed by atoms with Gasteiger partial charge in [-0.15, -0.1) is 0 Å². The molecule has 1 amide bonds. The SMILES string of the molecule is COc1ccc(CCCC(=O)N2CCC(OCCCN)CC2)cc1. The van der Waals surface area contributed by atoms with Gasteiger partial charge in [0.05, 0.1) is 13.2 Å². The van der Waals surface area contributed by atoms with Crippen molar-refractivity contribution in [1.29, 1.82) is 0 Å². The number of piperidine rings is 1. The molecular formula is C19H30N2O3. The quantitative estimate of drug-likeness (QED) is 0.704. The Morgan fingerprint density at radius 1 is 1.21 bits per heavy atom. The summed E-state index contributed by atoms with van der Waals surface area (Å²) < 4.78 is 10.9. The van der Waals surface area contributed by atoms with Crippen molar-refractivity contribution >= 4 is 5.91 Å². The lowest BCUT2D eigenvalue weighted by Crippen LogP contribution is -2.41. The van der Waals surface area contributed by atoms with Crippen molar-refractivity contribution in [3.8, 4) is 5.75 Å². The summed E-state index contributed by atoms with van der Waals surface area (Å²) in [5, 5.41) is 0. The topological polar surface area (TPSA) is 64.8 Å². The number of hydrogen-bond acceptors (Lipinski definition) is 4. The van der Waals surface area contributed by atoms with Crippen LogP contribution in [0.25, 0.3) is 0 Å². The van der Waals surface area contributed by atoms with E-state index in [1.54, 1.807) is 7.11 Å². The average Bonchev–Trinajstić information content (AvgIpc) is 2.63. The summed E-state index contributed by atoms with van der Waals surface area (Å²) in [6.45, 7) is 3.03. The normalized spacial score (nSPS) is 15.5. The predicted molar refractivity (Wildman–Crippen MR) is 95.2 cm³/mol. The minimum atomic E-state index is 0.268. The highest BCUT2D eigenvalue weighted by molar-refractivity contribution is 5.76. The Hall–Kier alpha value is -1.59. The molecule has 5 heteroatoms. The number of hydrogen-bond donors (Lipinski definition) is 1. The smallest absolute Gasteiger partial charge is 0.222 e. The second kappa shape index (κ2) is 10.3. The van der Waals surface area contributed by atoms with Gasteiger partial charge in [-0.05, 0) is 56.3 Å². The monoisotopic (exact) mass is 334 g/mol. The van der Waals surface area contributed by atoms with E-state index >= 15 is 0 Å². The van der Waals surface area contributed by atoms with Gasteiger partial charge in [0.25, 0.3) is 0 Å². The van der Waals surface area contributed by atoms with Crippen LogP contribution in [0.2, 0.25) is 0 Å². The number of carbonyl (C=O) groups excluding carboxylic acids is 1. The van der Waals surface area contributed by atoms with Crippen molar-refractivity contribution in [3.05, 3.63) is 29.8 Å². The van der Waals surface area contributed by atoms with E-state index in [1.165, 1.54) is 5.56 Å². The van der Waals surface area contributed by atoms with Crippen molar-refractivity contribution < 1.29 is 14.3 Å².